The maximum absolute atomic E-state index is 11.1. The first-order valence-corrected chi connectivity index (χ1v) is 4.68. The molecule has 0 atom stereocenters. The van der Waals surface area contributed by atoms with Gasteiger partial charge in [-0.15, -0.1) is 0 Å². The Bertz CT molecular complexity index is 159. The van der Waals surface area contributed by atoms with E-state index in [2.05, 4.69) is 26.1 Å². The highest BCUT2D eigenvalue weighted by Crippen LogP contribution is 2.12. The molecule has 0 radical (unpaired) electrons. The minimum absolute atomic E-state index is 0.0424. The Morgan fingerprint density at radius 3 is 2.31 bits per heavy atom. The first-order valence-electron chi connectivity index (χ1n) is 4.68. The lowest BCUT2D eigenvalue weighted by Gasteiger charge is -2.18. The fraction of sp³-hybridized carbons (Fsp3) is 0.900. The highest BCUT2D eigenvalue weighted by Gasteiger charge is 2.11. The van der Waals surface area contributed by atoms with Gasteiger partial charge in [0.1, 0.15) is 6.61 Å². The van der Waals surface area contributed by atoms with Gasteiger partial charge in [0.15, 0.2) is 0 Å². The summed E-state index contributed by atoms with van der Waals surface area (Å²) in [6.45, 7) is 10.9. The summed E-state index contributed by atoms with van der Waals surface area (Å²) in [6.07, 6.45) is 0. The van der Waals surface area contributed by atoms with Gasteiger partial charge in [-0.2, -0.15) is 0 Å². The molecule has 0 aromatic heterocycles. The number of ether oxygens (including phenoxy) is 1. The van der Waals surface area contributed by atoms with Gasteiger partial charge in [0.2, 0.25) is 5.91 Å². The van der Waals surface area contributed by atoms with Crippen LogP contribution in [0.15, 0.2) is 0 Å². The number of rotatable bonds is 4. The molecular weight excluding hydrogens is 166 g/mol. The molecule has 0 bridgehead atoms. The summed E-state index contributed by atoms with van der Waals surface area (Å²) in [7, 11) is 0. The predicted octanol–water partition coefficient (Wildman–Crippen LogP) is 1.57. The molecule has 0 heterocycles. The number of amides is 1. The second kappa shape index (κ2) is 5.22. The Morgan fingerprint density at radius 2 is 1.92 bits per heavy atom. The lowest BCUT2D eigenvalue weighted by atomic mass is 9.99. The van der Waals surface area contributed by atoms with Crippen molar-refractivity contribution in [2.45, 2.75) is 40.7 Å². The van der Waals surface area contributed by atoms with Gasteiger partial charge in [0, 0.05) is 6.04 Å². The molecule has 1 amide bonds. The largest absolute Gasteiger partial charge is 0.371 e. The summed E-state index contributed by atoms with van der Waals surface area (Å²) in [4.78, 5) is 11.1. The highest BCUT2D eigenvalue weighted by molar-refractivity contribution is 5.77. The minimum Gasteiger partial charge on any atom is -0.371 e. The molecule has 1 N–H and O–H groups in total. The Morgan fingerprint density at radius 1 is 1.38 bits per heavy atom. The minimum atomic E-state index is -0.0424. The molecule has 0 aromatic rings. The van der Waals surface area contributed by atoms with Gasteiger partial charge >= 0.3 is 0 Å². The molecule has 0 fully saturated rings. The van der Waals surface area contributed by atoms with Crippen molar-refractivity contribution in [3.8, 4) is 0 Å². The zero-order valence-electron chi connectivity index (χ0n) is 9.31. The van der Waals surface area contributed by atoms with Crippen molar-refractivity contribution >= 4 is 5.91 Å². The molecule has 0 aromatic carbocycles. The molecule has 0 aliphatic heterocycles. The van der Waals surface area contributed by atoms with Crippen LogP contribution in [0.4, 0.5) is 0 Å². The molecule has 0 saturated heterocycles. The third-order valence-electron chi connectivity index (χ3n) is 1.22. The number of hydrogen-bond acceptors (Lipinski definition) is 2. The Balaban J connectivity index is 3.49. The normalized spacial score (nSPS) is 11.8. The smallest absolute Gasteiger partial charge is 0.246 e. The Hall–Kier alpha value is -0.570. The van der Waals surface area contributed by atoms with Crippen molar-refractivity contribution in [1.82, 2.24) is 5.32 Å². The summed E-state index contributed by atoms with van der Waals surface area (Å²) in [5.41, 5.74) is 0.123. The second-order valence-electron chi connectivity index (χ2n) is 4.78. The van der Waals surface area contributed by atoms with Crippen LogP contribution in [0.5, 0.6) is 0 Å². The van der Waals surface area contributed by atoms with Crippen LogP contribution in [0.3, 0.4) is 0 Å². The quantitative estimate of drug-likeness (QED) is 0.725. The van der Waals surface area contributed by atoms with Gasteiger partial charge in [-0.25, -0.2) is 0 Å². The van der Waals surface area contributed by atoms with Crippen LogP contribution in [-0.4, -0.2) is 25.2 Å². The molecule has 0 unspecified atom stereocenters. The fourth-order valence-electron chi connectivity index (χ4n) is 0.814. The van der Waals surface area contributed by atoms with Crippen LogP contribution in [-0.2, 0) is 9.53 Å². The van der Waals surface area contributed by atoms with Crippen molar-refractivity contribution in [2.75, 3.05) is 13.2 Å². The van der Waals surface area contributed by atoms with Crippen LogP contribution in [0.1, 0.15) is 34.6 Å². The van der Waals surface area contributed by atoms with Crippen LogP contribution in [0.2, 0.25) is 0 Å². The zero-order valence-corrected chi connectivity index (χ0v) is 9.31. The van der Waals surface area contributed by atoms with E-state index in [9.17, 15) is 4.79 Å². The molecule has 0 saturated carbocycles. The highest BCUT2D eigenvalue weighted by atomic mass is 16.5. The van der Waals surface area contributed by atoms with E-state index < -0.39 is 0 Å². The number of carbonyl (C=O) groups is 1. The lowest BCUT2D eigenvalue weighted by molar-refractivity contribution is -0.127. The van der Waals surface area contributed by atoms with E-state index in [1.165, 1.54) is 0 Å². The van der Waals surface area contributed by atoms with Crippen molar-refractivity contribution in [3.05, 3.63) is 0 Å². The monoisotopic (exact) mass is 187 g/mol. The van der Waals surface area contributed by atoms with Gasteiger partial charge in [0.25, 0.3) is 0 Å². The molecule has 13 heavy (non-hydrogen) atoms. The van der Waals surface area contributed by atoms with Crippen LogP contribution >= 0.6 is 0 Å². The van der Waals surface area contributed by atoms with Crippen LogP contribution < -0.4 is 5.32 Å². The lowest BCUT2D eigenvalue weighted by Crippen LogP contribution is -2.34. The van der Waals surface area contributed by atoms with Crippen LogP contribution in [0, 0.1) is 5.41 Å². The molecule has 78 valence electrons. The van der Waals surface area contributed by atoms with Crippen LogP contribution in [0.25, 0.3) is 0 Å². The molecule has 0 aliphatic carbocycles. The maximum atomic E-state index is 11.1. The standard InChI is InChI=1S/C10H21NO2/c1-8(2)11-9(12)6-13-7-10(3,4)5/h8H,6-7H2,1-5H3,(H,11,12). The second-order valence-corrected chi connectivity index (χ2v) is 4.78. The zero-order chi connectivity index (χ0) is 10.5. The number of hydrogen-bond donors (Lipinski definition) is 1. The molecule has 0 rings (SSSR count). The van der Waals surface area contributed by atoms with E-state index in [1.807, 2.05) is 13.8 Å². The van der Waals surface area contributed by atoms with E-state index >= 15 is 0 Å². The first kappa shape index (κ1) is 12.4. The molecule has 3 nitrogen and oxygen atoms in total. The van der Waals surface area contributed by atoms with E-state index in [4.69, 9.17) is 4.74 Å². The van der Waals surface area contributed by atoms with E-state index in [-0.39, 0.29) is 24.0 Å². The van der Waals surface area contributed by atoms with Crippen molar-refractivity contribution in [3.63, 3.8) is 0 Å². The Labute approximate surface area is 80.8 Å². The van der Waals surface area contributed by atoms with Gasteiger partial charge in [-0.3, -0.25) is 4.79 Å². The van der Waals surface area contributed by atoms with Gasteiger partial charge in [0.05, 0.1) is 6.61 Å². The SMILES string of the molecule is CC(C)NC(=O)COCC(C)(C)C. The molecule has 3 heteroatoms. The van der Waals surface area contributed by atoms with Crippen molar-refractivity contribution in [1.29, 1.82) is 0 Å². The van der Waals surface area contributed by atoms with Crippen molar-refractivity contribution < 1.29 is 9.53 Å². The Kier molecular flexibility index (Phi) is 4.99. The fourth-order valence-corrected chi connectivity index (χ4v) is 0.814. The van der Waals surface area contributed by atoms with E-state index in [0.29, 0.717) is 6.61 Å². The molecular formula is C10H21NO2. The average molecular weight is 187 g/mol. The third-order valence-corrected chi connectivity index (χ3v) is 1.22. The predicted molar refractivity (Wildman–Crippen MR) is 53.6 cm³/mol. The van der Waals surface area contributed by atoms with Gasteiger partial charge < -0.3 is 10.1 Å². The van der Waals surface area contributed by atoms with Gasteiger partial charge in [-0.05, 0) is 19.3 Å². The summed E-state index contributed by atoms with van der Waals surface area (Å²) in [6, 6.07) is 0.186. The number of carbonyl (C=O) groups excluding carboxylic acids is 1. The summed E-state index contributed by atoms with van der Waals surface area (Å²) < 4.78 is 5.25. The average Bonchev–Trinajstić information content (AvgIpc) is 1.81. The van der Waals surface area contributed by atoms with E-state index in [1.54, 1.807) is 0 Å². The van der Waals surface area contributed by atoms with Crippen molar-refractivity contribution in [2.24, 2.45) is 5.41 Å². The first-order chi connectivity index (χ1) is 5.81. The van der Waals surface area contributed by atoms with Gasteiger partial charge in [-0.1, -0.05) is 20.8 Å². The summed E-state index contributed by atoms with van der Waals surface area (Å²) >= 11 is 0. The third kappa shape index (κ3) is 9.34. The maximum Gasteiger partial charge on any atom is 0.246 e. The summed E-state index contributed by atoms with van der Waals surface area (Å²) in [5, 5.41) is 2.77. The molecule has 0 aliphatic rings. The molecule has 0 spiro atoms. The van der Waals surface area contributed by atoms with E-state index in [0.717, 1.165) is 0 Å². The summed E-state index contributed by atoms with van der Waals surface area (Å²) in [5.74, 6) is -0.0424. The number of nitrogens with one attached hydrogen (secondary N) is 1. The topological polar surface area (TPSA) is 38.3 Å².